The van der Waals surface area contributed by atoms with E-state index in [2.05, 4.69) is 10.3 Å². The van der Waals surface area contributed by atoms with Crippen molar-refractivity contribution in [2.75, 3.05) is 5.32 Å². The molecular weight excluding hydrogens is 364 g/mol. The van der Waals surface area contributed by atoms with Gasteiger partial charge in [-0.3, -0.25) is 9.78 Å². The van der Waals surface area contributed by atoms with Gasteiger partial charge in [0, 0.05) is 11.1 Å². The maximum Gasteiger partial charge on any atom is 0.341 e. The zero-order valence-corrected chi connectivity index (χ0v) is 17.7. The summed E-state index contributed by atoms with van der Waals surface area (Å²) in [6.07, 6.45) is -0.937. The Hall–Kier alpha value is -3.21. The number of carbonyl (C=O) groups excluding carboxylic acids is 2. The molecule has 0 saturated heterocycles. The fourth-order valence-corrected chi connectivity index (χ4v) is 3.71. The van der Waals surface area contributed by atoms with Crippen LogP contribution in [0, 0.1) is 34.6 Å². The van der Waals surface area contributed by atoms with Crippen molar-refractivity contribution in [2.45, 2.75) is 47.6 Å². The first-order valence-electron chi connectivity index (χ1n) is 9.64. The number of amides is 1. The van der Waals surface area contributed by atoms with Crippen molar-refractivity contribution < 1.29 is 14.3 Å². The predicted octanol–water partition coefficient (Wildman–Crippen LogP) is 4.96. The number of pyridine rings is 1. The number of hydrogen-bond donors (Lipinski definition) is 1. The topological polar surface area (TPSA) is 68.3 Å². The number of aromatic nitrogens is 1. The Morgan fingerprint density at radius 1 is 1.00 bits per heavy atom. The molecule has 2 aromatic carbocycles. The van der Waals surface area contributed by atoms with Crippen LogP contribution in [0.25, 0.3) is 10.9 Å². The van der Waals surface area contributed by atoms with Gasteiger partial charge < -0.3 is 10.1 Å². The standard InChI is InChI=1S/C24H26N2O3/c1-13-11-14(2)22(15(3)12-13)26-23(27)18(6)29-24(28)21-16(4)19-9-7-8-10-20(19)25-17(21)5/h7-12,18H,1-6H3,(H,26,27)/t18-/m1/s1. The molecule has 0 aliphatic carbocycles. The lowest BCUT2D eigenvalue weighted by Crippen LogP contribution is -2.31. The van der Waals surface area contributed by atoms with Crippen molar-refractivity contribution in [2.24, 2.45) is 0 Å². The first-order chi connectivity index (χ1) is 13.7. The van der Waals surface area contributed by atoms with Crippen LogP contribution in [0.1, 0.15) is 45.2 Å². The molecule has 3 rings (SSSR count). The zero-order chi connectivity index (χ0) is 21.3. The average Bonchev–Trinajstić information content (AvgIpc) is 2.64. The quantitative estimate of drug-likeness (QED) is 0.639. The fraction of sp³-hybridized carbons (Fsp3) is 0.292. The molecule has 1 amide bonds. The van der Waals surface area contributed by atoms with Gasteiger partial charge >= 0.3 is 5.97 Å². The van der Waals surface area contributed by atoms with Crippen LogP contribution in [0.4, 0.5) is 5.69 Å². The number of benzene rings is 2. The second kappa shape index (κ2) is 8.03. The largest absolute Gasteiger partial charge is 0.449 e. The van der Waals surface area contributed by atoms with Crippen LogP contribution < -0.4 is 5.32 Å². The highest BCUT2D eigenvalue weighted by molar-refractivity contribution is 6.01. The molecule has 0 aliphatic heterocycles. The van der Waals surface area contributed by atoms with Crippen molar-refractivity contribution in [3.63, 3.8) is 0 Å². The number of ether oxygens (including phenoxy) is 1. The Balaban J connectivity index is 1.81. The molecule has 0 unspecified atom stereocenters. The number of aryl methyl sites for hydroxylation is 5. The normalized spacial score (nSPS) is 11.9. The number of fused-ring (bicyclic) bond motifs is 1. The molecule has 5 nitrogen and oxygen atoms in total. The summed E-state index contributed by atoms with van der Waals surface area (Å²) >= 11 is 0. The number of esters is 1. The summed E-state index contributed by atoms with van der Waals surface area (Å²) in [5.74, 6) is -0.907. The summed E-state index contributed by atoms with van der Waals surface area (Å²) < 4.78 is 5.49. The van der Waals surface area contributed by atoms with Crippen molar-refractivity contribution in [1.82, 2.24) is 4.98 Å². The minimum absolute atomic E-state index is 0.363. The van der Waals surface area contributed by atoms with Gasteiger partial charge in [-0.05, 0) is 64.3 Å². The van der Waals surface area contributed by atoms with Gasteiger partial charge in [0.2, 0.25) is 0 Å². The van der Waals surface area contributed by atoms with Crippen LogP contribution in [0.5, 0.6) is 0 Å². The van der Waals surface area contributed by atoms with Crippen LogP contribution in [-0.2, 0) is 9.53 Å². The molecule has 0 saturated carbocycles. The summed E-state index contributed by atoms with van der Waals surface area (Å²) in [4.78, 5) is 30.0. The highest BCUT2D eigenvalue weighted by Crippen LogP contribution is 2.25. The van der Waals surface area contributed by atoms with Gasteiger partial charge in [0.1, 0.15) is 0 Å². The summed E-state index contributed by atoms with van der Waals surface area (Å²) in [6, 6.07) is 11.7. The van der Waals surface area contributed by atoms with E-state index in [1.54, 1.807) is 13.8 Å². The van der Waals surface area contributed by atoms with E-state index in [1.165, 1.54) is 0 Å². The highest BCUT2D eigenvalue weighted by atomic mass is 16.5. The number of para-hydroxylation sites is 1. The van der Waals surface area contributed by atoms with Crippen LogP contribution in [0.2, 0.25) is 0 Å². The lowest BCUT2D eigenvalue weighted by atomic mass is 10.0. The van der Waals surface area contributed by atoms with Gasteiger partial charge in [0.25, 0.3) is 5.91 Å². The molecule has 0 aliphatic rings. The smallest absolute Gasteiger partial charge is 0.341 e. The fourth-order valence-electron chi connectivity index (χ4n) is 3.71. The van der Waals surface area contributed by atoms with E-state index in [4.69, 9.17) is 4.74 Å². The van der Waals surface area contributed by atoms with Gasteiger partial charge in [-0.25, -0.2) is 4.79 Å². The molecule has 0 spiro atoms. The lowest BCUT2D eigenvalue weighted by Gasteiger charge is -2.18. The first kappa shape index (κ1) is 20.5. The minimum Gasteiger partial charge on any atom is -0.449 e. The Morgan fingerprint density at radius 2 is 1.62 bits per heavy atom. The molecule has 29 heavy (non-hydrogen) atoms. The zero-order valence-electron chi connectivity index (χ0n) is 17.7. The molecule has 1 atom stereocenters. The van der Waals surface area contributed by atoms with E-state index in [-0.39, 0.29) is 5.91 Å². The van der Waals surface area contributed by atoms with Crippen molar-refractivity contribution in [3.8, 4) is 0 Å². The molecule has 1 aromatic heterocycles. The third-order valence-electron chi connectivity index (χ3n) is 5.12. The number of anilines is 1. The van der Waals surface area contributed by atoms with E-state index < -0.39 is 12.1 Å². The minimum atomic E-state index is -0.937. The first-order valence-corrected chi connectivity index (χ1v) is 9.64. The summed E-state index contributed by atoms with van der Waals surface area (Å²) in [6.45, 7) is 11.1. The van der Waals surface area contributed by atoms with Gasteiger partial charge in [0.05, 0.1) is 16.8 Å². The molecule has 5 heteroatoms. The summed E-state index contributed by atoms with van der Waals surface area (Å²) in [5, 5.41) is 3.79. The molecule has 0 radical (unpaired) electrons. The molecular formula is C24H26N2O3. The Kier molecular flexibility index (Phi) is 5.69. The molecule has 1 N–H and O–H groups in total. The third-order valence-corrected chi connectivity index (χ3v) is 5.12. The van der Waals surface area contributed by atoms with Gasteiger partial charge in [-0.15, -0.1) is 0 Å². The number of rotatable bonds is 4. The monoisotopic (exact) mass is 390 g/mol. The SMILES string of the molecule is Cc1cc(C)c(NC(=O)[C@@H](C)OC(=O)c2c(C)nc3ccccc3c2C)c(C)c1. The van der Waals surface area contributed by atoms with Gasteiger partial charge in [-0.1, -0.05) is 35.9 Å². The highest BCUT2D eigenvalue weighted by Gasteiger charge is 2.24. The Morgan fingerprint density at radius 3 is 2.28 bits per heavy atom. The van der Waals surface area contributed by atoms with E-state index >= 15 is 0 Å². The number of carbonyl (C=O) groups is 2. The molecule has 0 bridgehead atoms. The lowest BCUT2D eigenvalue weighted by molar-refractivity contribution is -0.123. The molecule has 3 aromatic rings. The molecule has 1 heterocycles. The van der Waals surface area contributed by atoms with Crippen molar-refractivity contribution >= 4 is 28.5 Å². The molecule has 150 valence electrons. The second-order valence-corrected chi connectivity index (χ2v) is 7.52. The van der Waals surface area contributed by atoms with E-state index in [9.17, 15) is 9.59 Å². The maximum absolute atomic E-state index is 12.8. The second-order valence-electron chi connectivity index (χ2n) is 7.52. The summed E-state index contributed by atoms with van der Waals surface area (Å²) in [5.41, 5.74) is 6.45. The number of hydrogen-bond acceptors (Lipinski definition) is 4. The number of nitrogens with one attached hydrogen (secondary N) is 1. The Bertz CT molecular complexity index is 1100. The van der Waals surface area contributed by atoms with E-state index in [0.717, 1.165) is 38.8 Å². The van der Waals surface area contributed by atoms with E-state index in [1.807, 2.05) is 64.1 Å². The Labute approximate surface area is 171 Å². The van der Waals surface area contributed by atoms with Crippen LogP contribution >= 0.6 is 0 Å². The molecule has 0 fully saturated rings. The predicted molar refractivity (Wildman–Crippen MR) is 115 cm³/mol. The van der Waals surface area contributed by atoms with Crippen LogP contribution in [0.15, 0.2) is 36.4 Å². The van der Waals surface area contributed by atoms with Gasteiger partial charge in [-0.2, -0.15) is 0 Å². The maximum atomic E-state index is 12.8. The number of nitrogens with zero attached hydrogens (tertiary/aromatic N) is 1. The van der Waals surface area contributed by atoms with Gasteiger partial charge in [0.15, 0.2) is 6.10 Å². The van der Waals surface area contributed by atoms with Crippen LogP contribution in [-0.4, -0.2) is 23.0 Å². The summed E-state index contributed by atoms with van der Waals surface area (Å²) in [7, 11) is 0. The van der Waals surface area contributed by atoms with Crippen molar-refractivity contribution in [1.29, 1.82) is 0 Å². The third kappa shape index (κ3) is 4.14. The van der Waals surface area contributed by atoms with Crippen LogP contribution in [0.3, 0.4) is 0 Å². The average molecular weight is 390 g/mol. The van der Waals surface area contributed by atoms with E-state index in [0.29, 0.717) is 11.3 Å². The van der Waals surface area contributed by atoms with Crippen molar-refractivity contribution in [3.05, 3.63) is 69.9 Å².